The van der Waals surface area contributed by atoms with Gasteiger partial charge < -0.3 is 15.1 Å². The molecule has 2 aromatic heterocycles. The van der Waals surface area contributed by atoms with Gasteiger partial charge >= 0.3 is 5.82 Å². The van der Waals surface area contributed by atoms with Crippen LogP contribution in [0.3, 0.4) is 0 Å². The van der Waals surface area contributed by atoms with Crippen LogP contribution in [-0.2, 0) is 6.54 Å². The van der Waals surface area contributed by atoms with Gasteiger partial charge in [0.05, 0.1) is 11.0 Å². The molecule has 102 valence electrons. The Kier molecular flexibility index (Phi) is 2.74. The number of aryl methyl sites for hydroxylation is 2. The fraction of sp³-hybridized carbons (Fsp3) is 0.231. The summed E-state index contributed by atoms with van der Waals surface area (Å²) in [5.41, 5.74) is 2.92. The van der Waals surface area contributed by atoms with Crippen LogP contribution in [0.2, 0.25) is 0 Å². The molecule has 0 radical (unpaired) electrons. The zero-order valence-corrected chi connectivity index (χ0v) is 11.1. The fourth-order valence-corrected chi connectivity index (χ4v) is 2.20. The second-order valence-corrected chi connectivity index (χ2v) is 4.71. The van der Waals surface area contributed by atoms with Gasteiger partial charge in [-0.3, -0.25) is 0 Å². The summed E-state index contributed by atoms with van der Waals surface area (Å²) in [4.78, 5) is 22.1. The van der Waals surface area contributed by atoms with Crippen LogP contribution >= 0.6 is 0 Å². The molecule has 0 atom stereocenters. The van der Waals surface area contributed by atoms with Crippen molar-refractivity contribution in [2.45, 2.75) is 20.4 Å². The molecule has 3 rings (SSSR count). The summed E-state index contributed by atoms with van der Waals surface area (Å²) in [6.07, 6.45) is 1.27. The average Bonchev–Trinajstić information content (AvgIpc) is 2.93. The molecule has 0 saturated carbocycles. The Labute approximate surface area is 114 Å². The number of benzene rings is 1. The molecule has 0 saturated heterocycles. The van der Waals surface area contributed by atoms with Crippen molar-refractivity contribution >= 4 is 16.9 Å². The van der Waals surface area contributed by atoms with E-state index >= 15 is 0 Å². The van der Waals surface area contributed by atoms with E-state index in [0.717, 1.165) is 16.6 Å². The third-order valence-corrected chi connectivity index (χ3v) is 3.22. The van der Waals surface area contributed by atoms with Crippen LogP contribution in [0.4, 0.5) is 5.82 Å². The maximum absolute atomic E-state index is 11.0. The van der Waals surface area contributed by atoms with E-state index in [1.165, 1.54) is 10.8 Å². The van der Waals surface area contributed by atoms with E-state index in [1.54, 1.807) is 6.92 Å². The predicted molar refractivity (Wildman–Crippen MR) is 73.6 cm³/mol. The minimum atomic E-state index is -0.438. The SMILES string of the molecule is Cc1ccc2nc(Cn3c([N+](=O)[O-])cnc3C)[nH]c2c1. The normalized spacial score (nSPS) is 11.1. The summed E-state index contributed by atoms with van der Waals surface area (Å²) in [6, 6.07) is 5.92. The molecule has 1 N–H and O–H groups in total. The van der Waals surface area contributed by atoms with Crippen molar-refractivity contribution < 1.29 is 4.92 Å². The van der Waals surface area contributed by atoms with Gasteiger partial charge in [0.2, 0.25) is 0 Å². The number of aromatic nitrogens is 4. The number of nitro groups is 1. The van der Waals surface area contributed by atoms with Crippen molar-refractivity contribution in [2.24, 2.45) is 0 Å². The number of H-pyrrole nitrogens is 1. The van der Waals surface area contributed by atoms with Crippen LogP contribution in [0.25, 0.3) is 11.0 Å². The second-order valence-electron chi connectivity index (χ2n) is 4.71. The lowest BCUT2D eigenvalue weighted by molar-refractivity contribution is -0.392. The van der Waals surface area contributed by atoms with E-state index in [9.17, 15) is 10.1 Å². The Hall–Kier alpha value is -2.70. The maximum atomic E-state index is 11.0. The predicted octanol–water partition coefficient (Wildman–Crippen LogP) is 2.33. The maximum Gasteiger partial charge on any atom is 0.343 e. The number of nitrogens with one attached hydrogen (secondary N) is 1. The van der Waals surface area contributed by atoms with Gasteiger partial charge in [-0.2, -0.15) is 0 Å². The lowest BCUT2D eigenvalue weighted by atomic mass is 10.2. The topological polar surface area (TPSA) is 89.6 Å². The molecule has 0 amide bonds. The van der Waals surface area contributed by atoms with Crippen LogP contribution < -0.4 is 0 Å². The number of fused-ring (bicyclic) bond motifs is 1. The van der Waals surface area contributed by atoms with Crippen molar-refractivity contribution in [2.75, 3.05) is 0 Å². The Morgan fingerprint density at radius 1 is 1.40 bits per heavy atom. The molecule has 0 aliphatic carbocycles. The molecule has 20 heavy (non-hydrogen) atoms. The molecule has 0 fully saturated rings. The van der Waals surface area contributed by atoms with Crippen molar-refractivity contribution in [1.82, 2.24) is 19.5 Å². The molecular formula is C13H13N5O2. The molecule has 0 bridgehead atoms. The molecule has 1 aromatic carbocycles. The average molecular weight is 271 g/mol. The van der Waals surface area contributed by atoms with Crippen molar-refractivity contribution in [1.29, 1.82) is 0 Å². The van der Waals surface area contributed by atoms with Crippen LogP contribution in [0, 0.1) is 24.0 Å². The number of nitrogens with zero attached hydrogens (tertiary/aromatic N) is 4. The Bertz CT molecular complexity index is 802. The van der Waals surface area contributed by atoms with E-state index in [0.29, 0.717) is 18.2 Å². The summed E-state index contributed by atoms with van der Waals surface area (Å²) in [5, 5.41) is 11.0. The molecular weight excluding hydrogens is 258 g/mol. The first-order valence-corrected chi connectivity index (χ1v) is 6.16. The lowest BCUT2D eigenvalue weighted by Gasteiger charge is -1.99. The van der Waals surface area contributed by atoms with E-state index < -0.39 is 4.92 Å². The van der Waals surface area contributed by atoms with Gasteiger partial charge in [0.25, 0.3) is 0 Å². The first kappa shape index (κ1) is 12.3. The minimum absolute atomic E-state index is 0.0286. The second kappa shape index (κ2) is 4.44. The highest BCUT2D eigenvalue weighted by molar-refractivity contribution is 5.75. The third kappa shape index (κ3) is 2.03. The largest absolute Gasteiger partial charge is 0.358 e. The smallest absolute Gasteiger partial charge is 0.343 e. The summed E-state index contributed by atoms with van der Waals surface area (Å²) in [6.45, 7) is 4.04. The summed E-state index contributed by atoms with van der Waals surface area (Å²) >= 11 is 0. The van der Waals surface area contributed by atoms with E-state index in [-0.39, 0.29) is 5.82 Å². The summed E-state index contributed by atoms with van der Waals surface area (Å²) in [5.74, 6) is 1.24. The monoisotopic (exact) mass is 271 g/mol. The molecule has 7 heteroatoms. The quantitative estimate of drug-likeness (QED) is 0.584. The first-order valence-electron chi connectivity index (χ1n) is 6.16. The summed E-state index contributed by atoms with van der Waals surface area (Å²) in [7, 11) is 0. The number of imidazole rings is 2. The zero-order chi connectivity index (χ0) is 14.3. The minimum Gasteiger partial charge on any atom is -0.358 e. The first-order chi connectivity index (χ1) is 9.54. The highest BCUT2D eigenvalue weighted by Crippen LogP contribution is 2.18. The van der Waals surface area contributed by atoms with Crippen LogP contribution in [0.15, 0.2) is 24.4 Å². The zero-order valence-electron chi connectivity index (χ0n) is 11.1. The Morgan fingerprint density at radius 3 is 2.95 bits per heavy atom. The molecule has 2 heterocycles. The fourth-order valence-electron chi connectivity index (χ4n) is 2.20. The Balaban J connectivity index is 2.01. The van der Waals surface area contributed by atoms with Crippen molar-refractivity contribution in [3.8, 4) is 0 Å². The summed E-state index contributed by atoms with van der Waals surface area (Å²) < 4.78 is 1.53. The number of aromatic amines is 1. The molecule has 3 aromatic rings. The Morgan fingerprint density at radius 2 is 2.20 bits per heavy atom. The van der Waals surface area contributed by atoms with Crippen molar-refractivity contribution in [3.05, 3.63) is 51.7 Å². The molecule has 0 aliphatic rings. The molecule has 7 nitrogen and oxygen atoms in total. The van der Waals surface area contributed by atoms with Crippen LogP contribution in [0.1, 0.15) is 17.2 Å². The van der Waals surface area contributed by atoms with Crippen molar-refractivity contribution in [3.63, 3.8) is 0 Å². The van der Waals surface area contributed by atoms with Gasteiger partial charge in [-0.1, -0.05) is 6.07 Å². The third-order valence-electron chi connectivity index (χ3n) is 3.22. The lowest BCUT2D eigenvalue weighted by Crippen LogP contribution is -2.07. The van der Waals surface area contributed by atoms with Gasteiger partial charge in [-0.25, -0.2) is 14.5 Å². The van der Waals surface area contributed by atoms with E-state index in [1.807, 2.05) is 25.1 Å². The van der Waals surface area contributed by atoms with Gasteiger partial charge in [0.1, 0.15) is 12.0 Å². The van der Waals surface area contributed by atoms with Gasteiger partial charge in [-0.15, -0.1) is 0 Å². The van der Waals surface area contributed by atoms with E-state index in [2.05, 4.69) is 15.0 Å². The highest BCUT2D eigenvalue weighted by Gasteiger charge is 2.18. The molecule has 0 spiro atoms. The molecule has 0 unspecified atom stereocenters. The van der Waals surface area contributed by atoms with Gasteiger partial charge in [0.15, 0.2) is 12.4 Å². The number of hydrogen-bond acceptors (Lipinski definition) is 4. The van der Waals surface area contributed by atoms with Gasteiger partial charge in [-0.05, 0) is 29.5 Å². The van der Waals surface area contributed by atoms with E-state index in [4.69, 9.17) is 0 Å². The number of rotatable bonds is 3. The number of hydrogen-bond donors (Lipinski definition) is 1. The van der Waals surface area contributed by atoms with Crippen LogP contribution in [0.5, 0.6) is 0 Å². The standard InChI is InChI=1S/C13H13N5O2/c1-8-3-4-10-11(5-8)16-12(15-10)7-17-9(2)14-6-13(17)18(19)20/h3-6H,7H2,1-2H3,(H,15,16). The highest BCUT2D eigenvalue weighted by atomic mass is 16.6. The van der Waals surface area contributed by atoms with Gasteiger partial charge in [0, 0.05) is 6.92 Å². The van der Waals surface area contributed by atoms with Crippen LogP contribution in [-0.4, -0.2) is 24.4 Å². The molecule has 0 aliphatic heterocycles.